The highest BCUT2D eigenvalue weighted by Gasteiger charge is 2.14. The van der Waals surface area contributed by atoms with Crippen LogP contribution in [0.4, 0.5) is 5.69 Å². The van der Waals surface area contributed by atoms with Gasteiger partial charge in [0.05, 0.1) is 17.6 Å². The van der Waals surface area contributed by atoms with Crippen LogP contribution in [0.25, 0.3) is 22.2 Å². The Labute approximate surface area is 163 Å². The predicted octanol–water partition coefficient (Wildman–Crippen LogP) is 6.25. The molecule has 0 saturated carbocycles. The third-order valence-electron chi connectivity index (χ3n) is 4.75. The summed E-state index contributed by atoms with van der Waals surface area (Å²) in [4.78, 5) is 0. The average Bonchev–Trinajstić information content (AvgIpc) is 2.98. The van der Waals surface area contributed by atoms with E-state index in [9.17, 15) is 0 Å². The molecule has 1 heterocycles. The van der Waals surface area contributed by atoms with Crippen LogP contribution in [0, 0.1) is 6.92 Å². The van der Waals surface area contributed by atoms with E-state index in [4.69, 9.17) is 11.6 Å². The molecule has 0 fully saturated rings. The summed E-state index contributed by atoms with van der Waals surface area (Å²) in [5.41, 5.74) is 9.57. The van der Waals surface area contributed by atoms with Crippen molar-refractivity contribution >= 4 is 34.4 Å². The van der Waals surface area contributed by atoms with Crippen molar-refractivity contribution in [2.45, 2.75) is 6.92 Å². The van der Waals surface area contributed by atoms with Crippen LogP contribution in [0.3, 0.4) is 0 Å². The van der Waals surface area contributed by atoms with Gasteiger partial charge in [-0.25, -0.2) is 0 Å². The van der Waals surface area contributed by atoms with E-state index in [2.05, 4.69) is 70.7 Å². The van der Waals surface area contributed by atoms with Gasteiger partial charge in [0.2, 0.25) is 0 Å². The second-order valence-corrected chi connectivity index (χ2v) is 6.95. The van der Waals surface area contributed by atoms with Crippen molar-refractivity contribution in [2.75, 3.05) is 5.43 Å². The quantitative estimate of drug-likeness (QED) is 0.332. The summed E-state index contributed by atoms with van der Waals surface area (Å²) in [6.07, 6.45) is 1.89. The molecule has 0 aliphatic carbocycles. The Morgan fingerprint density at radius 1 is 0.963 bits per heavy atom. The van der Waals surface area contributed by atoms with Gasteiger partial charge in [-0.2, -0.15) is 5.10 Å². The summed E-state index contributed by atoms with van der Waals surface area (Å²) in [7, 11) is 2.09. The molecule has 3 nitrogen and oxygen atoms in total. The molecule has 0 unspecified atom stereocenters. The van der Waals surface area contributed by atoms with Crippen LogP contribution >= 0.6 is 11.6 Å². The molecule has 1 aromatic heterocycles. The monoisotopic (exact) mass is 373 g/mol. The van der Waals surface area contributed by atoms with Crippen LogP contribution in [0.2, 0.25) is 5.02 Å². The molecule has 0 aliphatic heterocycles. The van der Waals surface area contributed by atoms with E-state index in [1.165, 1.54) is 10.9 Å². The van der Waals surface area contributed by atoms with Gasteiger partial charge in [0.25, 0.3) is 0 Å². The van der Waals surface area contributed by atoms with Crippen molar-refractivity contribution in [1.82, 2.24) is 4.57 Å². The minimum absolute atomic E-state index is 0.727. The zero-order valence-electron chi connectivity index (χ0n) is 15.3. The summed E-state index contributed by atoms with van der Waals surface area (Å²) < 4.78 is 2.22. The van der Waals surface area contributed by atoms with Gasteiger partial charge in [-0.05, 0) is 36.2 Å². The van der Waals surface area contributed by atoms with Gasteiger partial charge in [0.1, 0.15) is 0 Å². The number of hydrogen-bond donors (Lipinski definition) is 1. The Balaban J connectivity index is 1.77. The van der Waals surface area contributed by atoms with Crippen LogP contribution in [0.5, 0.6) is 0 Å². The smallest absolute Gasteiger partial charge is 0.0578 e. The summed E-state index contributed by atoms with van der Waals surface area (Å²) in [6.45, 7) is 1.98. The lowest BCUT2D eigenvalue weighted by atomic mass is 10.1. The Kier molecular flexibility index (Phi) is 4.69. The van der Waals surface area contributed by atoms with Crippen LogP contribution < -0.4 is 5.43 Å². The van der Waals surface area contributed by atoms with Crippen molar-refractivity contribution in [1.29, 1.82) is 0 Å². The molecule has 4 aromatic rings. The number of para-hydroxylation sites is 1. The first-order chi connectivity index (χ1) is 13.1. The molecule has 4 heteroatoms. The molecule has 3 aromatic carbocycles. The fourth-order valence-electron chi connectivity index (χ4n) is 3.33. The number of aryl methyl sites for hydroxylation is 2. The lowest BCUT2D eigenvalue weighted by Crippen LogP contribution is -1.95. The summed E-state index contributed by atoms with van der Waals surface area (Å²) in [6, 6.07) is 24.6. The molecule has 134 valence electrons. The third-order valence-corrected chi connectivity index (χ3v) is 5.16. The number of fused-ring (bicyclic) bond motifs is 1. The molecule has 0 atom stereocenters. The minimum Gasteiger partial charge on any atom is -0.343 e. The molecular formula is C23H20ClN3. The minimum atomic E-state index is 0.727. The van der Waals surface area contributed by atoms with E-state index in [0.717, 1.165) is 33.1 Å². The molecule has 0 aliphatic rings. The van der Waals surface area contributed by atoms with Gasteiger partial charge in [-0.15, -0.1) is 0 Å². The van der Waals surface area contributed by atoms with Crippen molar-refractivity contribution in [3.8, 4) is 11.3 Å². The van der Waals surface area contributed by atoms with Gasteiger partial charge in [-0.3, -0.25) is 5.43 Å². The van der Waals surface area contributed by atoms with Crippen molar-refractivity contribution < 1.29 is 0 Å². The molecule has 0 saturated heterocycles. The Hall–Kier alpha value is -3.04. The van der Waals surface area contributed by atoms with Crippen molar-refractivity contribution in [3.05, 3.63) is 88.9 Å². The van der Waals surface area contributed by atoms with Crippen LogP contribution in [-0.2, 0) is 7.05 Å². The third kappa shape index (κ3) is 3.34. The second kappa shape index (κ2) is 7.29. The number of rotatable bonds is 4. The van der Waals surface area contributed by atoms with Crippen LogP contribution in [0.1, 0.15) is 11.1 Å². The average molecular weight is 374 g/mol. The molecule has 1 N–H and O–H groups in total. The molecular weight excluding hydrogens is 354 g/mol. The van der Waals surface area contributed by atoms with E-state index in [0.29, 0.717) is 0 Å². The fourth-order valence-corrected chi connectivity index (χ4v) is 3.51. The first-order valence-electron chi connectivity index (χ1n) is 8.83. The lowest BCUT2D eigenvalue weighted by Gasteiger charge is -2.06. The van der Waals surface area contributed by atoms with Crippen LogP contribution in [-0.4, -0.2) is 10.8 Å². The van der Waals surface area contributed by atoms with Gasteiger partial charge < -0.3 is 4.57 Å². The number of nitrogens with zero attached hydrogens (tertiary/aromatic N) is 2. The molecule has 0 amide bonds. The van der Waals surface area contributed by atoms with Gasteiger partial charge >= 0.3 is 0 Å². The van der Waals surface area contributed by atoms with Gasteiger partial charge in [-0.1, -0.05) is 66.2 Å². The number of aromatic nitrogens is 1. The predicted molar refractivity (Wildman–Crippen MR) is 116 cm³/mol. The standard InChI is InChI=1S/C23H20ClN3/c1-16-12-13-18(14-21(16)24)26-25-15-20-19-10-6-7-11-22(19)27(2)23(20)17-8-4-3-5-9-17/h3-15,26H,1-2H3. The second-order valence-electron chi connectivity index (χ2n) is 6.54. The molecule has 27 heavy (non-hydrogen) atoms. The van der Waals surface area contributed by atoms with E-state index >= 15 is 0 Å². The summed E-state index contributed by atoms with van der Waals surface area (Å²) >= 11 is 6.20. The Bertz CT molecular complexity index is 1130. The van der Waals surface area contributed by atoms with E-state index in [1.54, 1.807) is 0 Å². The number of nitrogens with one attached hydrogen (secondary N) is 1. The highest BCUT2D eigenvalue weighted by atomic mass is 35.5. The maximum atomic E-state index is 6.20. The number of benzene rings is 3. The number of hydrogen-bond acceptors (Lipinski definition) is 2. The fraction of sp³-hybridized carbons (Fsp3) is 0.0870. The highest BCUT2D eigenvalue weighted by Crippen LogP contribution is 2.31. The first-order valence-corrected chi connectivity index (χ1v) is 9.21. The zero-order chi connectivity index (χ0) is 18.8. The normalized spacial score (nSPS) is 11.4. The van der Waals surface area contributed by atoms with Gasteiger partial charge in [0.15, 0.2) is 0 Å². The van der Waals surface area contributed by atoms with E-state index < -0.39 is 0 Å². The van der Waals surface area contributed by atoms with Gasteiger partial charge in [0, 0.05) is 28.5 Å². The molecule has 0 spiro atoms. The first kappa shape index (κ1) is 17.4. The zero-order valence-corrected chi connectivity index (χ0v) is 16.0. The topological polar surface area (TPSA) is 29.3 Å². The largest absolute Gasteiger partial charge is 0.343 e. The highest BCUT2D eigenvalue weighted by molar-refractivity contribution is 6.31. The molecule has 0 radical (unpaired) electrons. The van der Waals surface area contributed by atoms with E-state index in [1.807, 2.05) is 37.4 Å². The number of hydrazone groups is 1. The van der Waals surface area contributed by atoms with Crippen molar-refractivity contribution in [3.63, 3.8) is 0 Å². The van der Waals surface area contributed by atoms with Crippen molar-refractivity contribution in [2.24, 2.45) is 12.1 Å². The number of halogens is 1. The molecule has 0 bridgehead atoms. The number of anilines is 1. The summed E-state index contributed by atoms with van der Waals surface area (Å²) in [5.74, 6) is 0. The van der Waals surface area contributed by atoms with Crippen LogP contribution in [0.15, 0.2) is 77.9 Å². The summed E-state index contributed by atoms with van der Waals surface area (Å²) in [5, 5.41) is 6.38. The Morgan fingerprint density at radius 2 is 1.70 bits per heavy atom. The molecule has 4 rings (SSSR count). The van der Waals surface area contributed by atoms with E-state index in [-0.39, 0.29) is 0 Å². The SMILES string of the molecule is Cc1ccc(NN=Cc2c(-c3ccccc3)n(C)c3ccccc23)cc1Cl. The lowest BCUT2D eigenvalue weighted by molar-refractivity contribution is 0.977. The maximum Gasteiger partial charge on any atom is 0.0578 e. The Morgan fingerprint density at radius 3 is 2.48 bits per heavy atom. The maximum absolute atomic E-state index is 6.20.